The van der Waals surface area contributed by atoms with Gasteiger partial charge in [0.2, 0.25) is 5.76 Å². The summed E-state index contributed by atoms with van der Waals surface area (Å²) in [6, 6.07) is 17.5. The molecule has 0 fully saturated rings. The fourth-order valence-corrected chi connectivity index (χ4v) is 4.09. The van der Waals surface area contributed by atoms with E-state index in [0.717, 1.165) is 11.1 Å². The highest BCUT2D eigenvalue weighted by Crippen LogP contribution is 2.39. The average molecular weight is 424 g/mol. The van der Waals surface area contributed by atoms with Gasteiger partial charge in [-0.05, 0) is 41.5 Å². The Morgan fingerprint density at radius 2 is 1.97 bits per heavy atom. The Balaban J connectivity index is 1.69. The number of pyridine rings is 1. The van der Waals surface area contributed by atoms with Crippen LogP contribution in [0.1, 0.15) is 33.3 Å². The molecule has 6 nitrogen and oxygen atoms in total. The molecule has 2 aromatic carbocycles. The molecular weight excluding hydrogens is 404 g/mol. The molecule has 0 aliphatic carbocycles. The van der Waals surface area contributed by atoms with Crippen LogP contribution < -0.4 is 10.2 Å². The van der Waals surface area contributed by atoms with Crippen LogP contribution in [0.5, 0.6) is 5.75 Å². The van der Waals surface area contributed by atoms with Crippen molar-refractivity contribution in [2.24, 2.45) is 0 Å². The van der Waals surface area contributed by atoms with Crippen LogP contribution in [0.3, 0.4) is 0 Å². The second-order valence-corrected chi connectivity index (χ2v) is 7.54. The van der Waals surface area contributed by atoms with Crippen molar-refractivity contribution >= 4 is 16.9 Å². The minimum Gasteiger partial charge on any atom is -0.490 e. The number of aromatic nitrogens is 1. The predicted molar refractivity (Wildman–Crippen MR) is 121 cm³/mol. The smallest absolute Gasteiger partial charge is 0.291 e. The van der Waals surface area contributed by atoms with E-state index < -0.39 is 6.04 Å². The van der Waals surface area contributed by atoms with E-state index in [-0.39, 0.29) is 23.6 Å². The molecule has 0 unspecified atom stereocenters. The van der Waals surface area contributed by atoms with Gasteiger partial charge in [-0.25, -0.2) is 0 Å². The Bertz CT molecular complexity index is 1380. The maximum Gasteiger partial charge on any atom is 0.291 e. The van der Waals surface area contributed by atoms with E-state index in [0.29, 0.717) is 28.9 Å². The second-order valence-electron chi connectivity index (χ2n) is 7.54. The maximum absolute atomic E-state index is 13.5. The van der Waals surface area contributed by atoms with Gasteiger partial charge in [-0.15, -0.1) is 0 Å². The number of para-hydroxylation sites is 1. The molecule has 158 valence electrons. The Morgan fingerprint density at radius 3 is 2.78 bits per heavy atom. The lowest BCUT2D eigenvalue weighted by Crippen LogP contribution is -2.29. The van der Waals surface area contributed by atoms with Crippen molar-refractivity contribution in [3.63, 3.8) is 0 Å². The highest BCUT2D eigenvalue weighted by atomic mass is 16.5. The van der Waals surface area contributed by atoms with E-state index in [4.69, 9.17) is 9.15 Å². The average Bonchev–Trinajstić information content (AvgIpc) is 3.10. The fourth-order valence-electron chi connectivity index (χ4n) is 4.09. The number of hydrogen-bond acceptors (Lipinski definition) is 5. The van der Waals surface area contributed by atoms with Gasteiger partial charge in [0.1, 0.15) is 17.9 Å². The summed E-state index contributed by atoms with van der Waals surface area (Å²) < 4.78 is 11.7. The van der Waals surface area contributed by atoms with Crippen molar-refractivity contribution < 1.29 is 13.9 Å². The van der Waals surface area contributed by atoms with E-state index in [9.17, 15) is 9.59 Å². The minimum absolute atomic E-state index is 0.0833. The molecule has 1 amide bonds. The molecule has 0 bridgehead atoms. The van der Waals surface area contributed by atoms with Crippen LogP contribution in [-0.4, -0.2) is 22.4 Å². The standard InChI is InChI=1S/C26H20N2O4/c1-2-13-31-19-9-5-8-18(14-19)23-22-24(29)20-10-3-4-11-21(20)32-25(22)26(30)28(23)16-17-7-6-12-27-15-17/h2-12,14-15,23H,1,13,16H2/t23-/m1/s1. The van der Waals surface area contributed by atoms with Gasteiger partial charge in [0.05, 0.1) is 17.0 Å². The topological polar surface area (TPSA) is 72.6 Å². The molecule has 4 aromatic rings. The molecule has 0 spiro atoms. The van der Waals surface area contributed by atoms with Gasteiger partial charge in [-0.2, -0.15) is 0 Å². The Hall–Kier alpha value is -4.19. The quantitative estimate of drug-likeness (QED) is 0.426. The fraction of sp³-hybridized carbons (Fsp3) is 0.115. The summed E-state index contributed by atoms with van der Waals surface area (Å²) in [5, 5.41) is 0.450. The highest BCUT2D eigenvalue weighted by Gasteiger charge is 2.42. The van der Waals surface area contributed by atoms with E-state index >= 15 is 0 Å². The van der Waals surface area contributed by atoms with Crippen LogP contribution in [0.15, 0.2) is 94.9 Å². The highest BCUT2D eigenvalue weighted by molar-refractivity contribution is 5.99. The van der Waals surface area contributed by atoms with E-state index in [1.165, 1.54) is 0 Å². The molecule has 2 aromatic heterocycles. The monoisotopic (exact) mass is 424 g/mol. The third-order valence-corrected chi connectivity index (χ3v) is 5.49. The zero-order chi connectivity index (χ0) is 22.1. The summed E-state index contributed by atoms with van der Waals surface area (Å²) >= 11 is 0. The van der Waals surface area contributed by atoms with Crippen LogP contribution >= 0.6 is 0 Å². The first-order chi connectivity index (χ1) is 15.7. The molecule has 32 heavy (non-hydrogen) atoms. The summed E-state index contributed by atoms with van der Waals surface area (Å²) in [5.74, 6) is 0.393. The maximum atomic E-state index is 13.5. The molecule has 1 atom stereocenters. The van der Waals surface area contributed by atoms with E-state index in [2.05, 4.69) is 11.6 Å². The van der Waals surface area contributed by atoms with E-state index in [1.807, 2.05) is 36.4 Å². The lowest BCUT2D eigenvalue weighted by atomic mass is 9.98. The number of benzene rings is 2. The zero-order valence-corrected chi connectivity index (χ0v) is 17.2. The molecule has 6 heteroatoms. The van der Waals surface area contributed by atoms with Crippen molar-refractivity contribution in [3.8, 4) is 5.75 Å². The number of amides is 1. The molecule has 0 radical (unpaired) electrons. The SMILES string of the molecule is C=CCOc1cccc([C@@H]2c3c(oc4ccccc4c3=O)C(=O)N2Cc2cccnc2)c1. The van der Waals surface area contributed by atoms with Gasteiger partial charge in [-0.1, -0.05) is 43.0 Å². The normalized spacial score (nSPS) is 15.1. The predicted octanol–water partition coefficient (Wildman–Crippen LogP) is 4.50. The Kier molecular flexibility index (Phi) is 5.03. The van der Waals surface area contributed by atoms with Crippen molar-refractivity contribution in [2.75, 3.05) is 6.61 Å². The number of carbonyl (C=O) groups is 1. The third-order valence-electron chi connectivity index (χ3n) is 5.49. The van der Waals surface area contributed by atoms with Crippen molar-refractivity contribution in [1.29, 1.82) is 0 Å². The van der Waals surface area contributed by atoms with E-state index in [1.54, 1.807) is 47.6 Å². The van der Waals surface area contributed by atoms with Crippen LogP contribution in [0, 0.1) is 0 Å². The molecule has 3 heterocycles. The number of rotatable bonds is 6. The third kappa shape index (κ3) is 3.36. The van der Waals surface area contributed by atoms with Crippen molar-refractivity contribution in [3.05, 3.63) is 118 Å². The Labute approximate surface area is 184 Å². The first-order valence-corrected chi connectivity index (χ1v) is 10.3. The Morgan fingerprint density at radius 1 is 1.09 bits per heavy atom. The van der Waals surface area contributed by atoms with Crippen LogP contribution in [-0.2, 0) is 6.54 Å². The van der Waals surface area contributed by atoms with Crippen LogP contribution in [0.2, 0.25) is 0 Å². The summed E-state index contributed by atoms with van der Waals surface area (Å²) in [4.78, 5) is 32.8. The molecule has 1 aliphatic rings. The number of hydrogen-bond donors (Lipinski definition) is 0. The lowest BCUT2D eigenvalue weighted by molar-refractivity contribution is 0.0714. The van der Waals surface area contributed by atoms with Gasteiger partial charge in [-0.3, -0.25) is 14.6 Å². The summed E-state index contributed by atoms with van der Waals surface area (Å²) in [7, 11) is 0. The van der Waals surface area contributed by atoms with Crippen LogP contribution in [0.4, 0.5) is 0 Å². The van der Waals surface area contributed by atoms with Crippen molar-refractivity contribution in [2.45, 2.75) is 12.6 Å². The summed E-state index contributed by atoms with van der Waals surface area (Å²) in [6.07, 6.45) is 5.05. The van der Waals surface area contributed by atoms with Gasteiger partial charge in [0.15, 0.2) is 5.43 Å². The number of carbonyl (C=O) groups excluding carboxylic acids is 1. The molecular formula is C26H20N2O4. The number of fused-ring (bicyclic) bond motifs is 2. The largest absolute Gasteiger partial charge is 0.490 e. The number of nitrogens with zero attached hydrogens (tertiary/aromatic N) is 2. The van der Waals surface area contributed by atoms with Gasteiger partial charge >= 0.3 is 0 Å². The van der Waals surface area contributed by atoms with Gasteiger partial charge < -0.3 is 14.1 Å². The second kappa shape index (κ2) is 8.15. The van der Waals surface area contributed by atoms with Crippen LogP contribution in [0.25, 0.3) is 11.0 Å². The van der Waals surface area contributed by atoms with Crippen molar-refractivity contribution in [1.82, 2.24) is 9.88 Å². The molecule has 0 saturated carbocycles. The number of ether oxygens (including phenoxy) is 1. The first-order valence-electron chi connectivity index (χ1n) is 10.3. The molecule has 0 N–H and O–H groups in total. The minimum atomic E-state index is -0.606. The summed E-state index contributed by atoms with van der Waals surface area (Å²) in [5.41, 5.74) is 2.17. The molecule has 5 rings (SSSR count). The van der Waals surface area contributed by atoms with Gasteiger partial charge in [0.25, 0.3) is 5.91 Å². The zero-order valence-electron chi connectivity index (χ0n) is 17.2. The first kappa shape index (κ1) is 19.8. The lowest BCUT2D eigenvalue weighted by Gasteiger charge is -2.25. The molecule has 1 aliphatic heterocycles. The summed E-state index contributed by atoms with van der Waals surface area (Å²) in [6.45, 7) is 4.32. The van der Waals surface area contributed by atoms with Gasteiger partial charge in [0, 0.05) is 18.9 Å². The molecule has 0 saturated heterocycles.